The van der Waals surface area contributed by atoms with Gasteiger partial charge in [-0.15, -0.1) is 0 Å². The van der Waals surface area contributed by atoms with E-state index in [-0.39, 0.29) is 13.2 Å². The number of aliphatic hydroxyl groups is 1. The van der Waals surface area contributed by atoms with E-state index in [9.17, 15) is 4.79 Å². The summed E-state index contributed by atoms with van der Waals surface area (Å²) in [6.45, 7) is 1.48. The number of carbonyl (C=O) groups is 1. The number of hydrogen-bond donors (Lipinski definition) is 3. The number of rotatable bonds is 7. The molecule has 0 unspecified atom stereocenters. The molecule has 82 valence electrons. The molecule has 0 aliphatic heterocycles. The van der Waals surface area contributed by atoms with Crippen LogP contribution >= 0.6 is 0 Å². The highest BCUT2D eigenvalue weighted by molar-refractivity contribution is 5.66. The van der Waals surface area contributed by atoms with Crippen LogP contribution in [0.2, 0.25) is 0 Å². The third-order valence-electron chi connectivity index (χ3n) is 1.96. The summed E-state index contributed by atoms with van der Waals surface area (Å²) < 4.78 is 4.61. The van der Waals surface area contributed by atoms with E-state index in [1.807, 2.05) is 0 Å². The molecule has 0 saturated heterocycles. The van der Waals surface area contributed by atoms with Gasteiger partial charge in [-0.3, -0.25) is 0 Å². The van der Waals surface area contributed by atoms with Crippen LogP contribution in [-0.4, -0.2) is 43.5 Å². The first-order chi connectivity index (χ1) is 6.83. The first-order valence-electron chi connectivity index (χ1n) is 5.08. The summed E-state index contributed by atoms with van der Waals surface area (Å²) in [5.74, 6) is 0. The lowest BCUT2D eigenvalue weighted by Gasteiger charge is -2.05. The molecule has 0 aromatic heterocycles. The number of amides is 1. The summed E-state index contributed by atoms with van der Waals surface area (Å²) in [6.07, 6.45) is 3.02. The fourth-order valence-electron chi connectivity index (χ4n) is 1.06. The van der Waals surface area contributed by atoms with Crippen LogP contribution in [0.25, 0.3) is 0 Å². The van der Waals surface area contributed by atoms with Gasteiger partial charge in [-0.25, -0.2) is 4.79 Å². The second-order valence-electron chi connectivity index (χ2n) is 3.37. The Labute approximate surface area is 83.8 Å². The zero-order valence-corrected chi connectivity index (χ0v) is 8.29. The quantitative estimate of drug-likeness (QED) is 0.502. The van der Waals surface area contributed by atoms with Crippen molar-refractivity contribution >= 4 is 6.09 Å². The second kappa shape index (κ2) is 6.62. The zero-order valence-electron chi connectivity index (χ0n) is 8.29. The third-order valence-corrected chi connectivity index (χ3v) is 1.96. The topological polar surface area (TPSA) is 70.6 Å². The molecule has 3 N–H and O–H groups in total. The van der Waals surface area contributed by atoms with Crippen LogP contribution in [0.3, 0.4) is 0 Å². The molecule has 14 heavy (non-hydrogen) atoms. The molecule has 1 aliphatic rings. The van der Waals surface area contributed by atoms with Crippen LogP contribution in [-0.2, 0) is 4.74 Å². The predicted molar refractivity (Wildman–Crippen MR) is 52.1 cm³/mol. The number of carbonyl (C=O) groups excluding carboxylic acids is 1. The molecule has 0 aromatic carbocycles. The predicted octanol–water partition coefficient (Wildman–Crippen LogP) is -0.153. The average Bonchev–Trinajstić information content (AvgIpc) is 2.98. The van der Waals surface area contributed by atoms with Crippen LogP contribution < -0.4 is 10.6 Å². The fourth-order valence-corrected chi connectivity index (χ4v) is 1.06. The Morgan fingerprint density at radius 2 is 2.21 bits per heavy atom. The van der Waals surface area contributed by atoms with Gasteiger partial charge < -0.3 is 20.5 Å². The molecule has 1 fully saturated rings. The summed E-state index contributed by atoms with van der Waals surface area (Å²) in [7, 11) is 0. The summed E-state index contributed by atoms with van der Waals surface area (Å²) in [6, 6.07) is 0.719. The van der Waals surface area contributed by atoms with Gasteiger partial charge >= 0.3 is 6.09 Å². The Kier molecular flexibility index (Phi) is 5.32. The number of nitrogens with one attached hydrogen (secondary N) is 2. The van der Waals surface area contributed by atoms with Crippen molar-refractivity contribution in [3.05, 3.63) is 0 Å². The van der Waals surface area contributed by atoms with E-state index in [1.54, 1.807) is 0 Å². The molecular formula is C9H18N2O3. The van der Waals surface area contributed by atoms with Gasteiger partial charge in [-0.05, 0) is 25.8 Å². The largest absolute Gasteiger partial charge is 0.447 e. The average molecular weight is 202 g/mol. The van der Waals surface area contributed by atoms with E-state index in [0.717, 1.165) is 19.0 Å². The van der Waals surface area contributed by atoms with Crippen LogP contribution in [0.1, 0.15) is 19.3 Å². The van der Waals surface area contributed by atoms with Gasteiger partial charge in [0.05, 0.1) is 6.61 Å². The lowest BCUT2D eigenvalue weighted by Crippen LogP contribution is -2.29. The number of aliphatic hydroxyl groups excluding tert-OH is 1. The Morgan fingerprint density at radius 3 is 2.86 bits per heavy atom. The summed E-state index contributed by atoms with van der Waals surface area (Å²) in [4.78, 5) is 10.8. The van der Waals surface area contributed by atoms with Gasteiger partial charge in [0.2, 0.25) is 0 Å². The van der Waals surface area contributed by atoms with Gasteiger partial charge in [0.15, 0.2) is 0 Å². The number of hydrogen-bond acceptors (Lipinski definition) is 4. The normalized spacial score (nSPS) is 15.2. The first kappa shape index (κ1) is 11.3. The number of alkyl carbamates (subject to hydrolysis) is 1. The molecule has 1 saturated carbocycles. The van der Waals surface area contributed by atoms with E-state index >= 15 is 0 Å². The van der Waals surface area contributed by atoms with E-state index in [4.69, 9.17) is 5.11 Å². The molecule has 5 nitrogen and oxygen atoms in total. The molecule has 0 spiro atoms. The number of ether oxygens (including phenoxy) is 1. The van der Waals surface area contributed by atoms with E-state index in [1.165, 1.54) is 12.8 Å². The molecular weight excluding hydrogens is 184 g/mol. The Balaban J connectivity index is 1.79. The van der Waals surface area contributed by atoms with Gasteiger partial charge in [0.1, 0.15) is 6.61 Å². The Hall–Kier alpha value is -0.810. The van der Waals surface area contributed by atoms with Gasteiger partial charge in [0, 0.05) is 12.6 Å². The molecule has 0 atom stereocenters. The van der Waals surface area contributed by atoms with E-state index < -0.39 is 6.09 Å². The minimum atomic E-state index is -0.453. The van der Waals surface area contributed by atoms with Crippen LogP contribution in [0.4, 0.5) is 4.79 Å². The highest BCUT2D eigenvalue weighted by atomic mass is 16.6. The summed E-state index contributed by atoms with van der Waals surface area (Å²) >= 11 is 0. The fraction of sp³-hybridized carbons (Fsp3) is 0.889. The Bertz CT molecular complexity index is 171. The third kappa shape index (κ3) is 5.77. The van der Waals surface area contributed by atoms with E-state index in [0.29, 0.717) is 6.54 Å². The SMILES string of the molecule is O=C(NCCCNC1CC1)OCCO. The molecule has 0 aromatic rings. The minimum Gasteiger partial charge on any atom is -0.447 e. The van der Waals surface area contributed by atoms with Crippen molar-refractivity contribution in [3.8, 4) is 0 Å². The standard InChI is InChI=1S/C9H18N2O3/c12-6-7-14-9(13)11-5-1-4-10-8-2-3-8/h8,10,12H,1-7H2,(H,11,13). The molecule has 5 heteroatoms. The zero-order chi connectivity index (χ0) is 10.2. The van der Waals surface area contributed by atoms with Gasteiger partial charge in [-0.1, -0.05) is 0 Å². The summed E-state index contributed by atoms with van der Waals surface area (Å²) in [5.41, 5.74) is 0. The van der Waals surface area contributed by atoms with E-state index in [2.05, 4.69) is 15.4 Å². The minimum absolute atomic E-state index is 0.0617. The van der Waals surface area contributed by atoms with Crippen molar-refractivity contribution in [1.29, 1.82) is 0 Å². The molecule has 1 aliphatic carbocycles. The van der Waals surface area contributed by atoms with Crippen LogP contribution in [0.5, 0.6) is 0 Å². The van der Waals surface area contributed by atoms with Crippen molar-refractivity contribution in [3.63, 3.8) is 0 Å². The van der Waals surface area contributed by atoms with Crippen molar-refractivity contribution < 1.29 is 14.6 Å². The van der Waals surface area contributed by atoms with Crippen molar-refractivity contribution in [2.75, 3.05) is 26.3 Å². The maximum absolute atomic E-state index is 10.8. The van der Waals surface area contributed by atoms with Gasteiger partial charge in [-0.2, -0.15) is 0 Å². The van der Waals surface area contributed by atoms with Crippen molar-refractivity contribution in [1.82, 2.24) is 10.6 Å². The molecule has 1 rings (SSSR count). The van der Waals surface area contributed by atoms with Crippen molar-refractivity contribution in [2.45, 2.75) is 25.3 Å². The lowest BCUT2D eigenvalue weighted by atomic mass is 10.4. The first-order valence-corrected chi connectivity index (χ1v) is 5.08. The van der Waals surface area contributed by atoms with Crippen LogP contribution in [0.15, 0.2) is 0 Å². The molecule has 0 heterocycles. The maximum atomic E-state index is 10.8. The highest BCUT2D eigenvalue weighted by Crippen LogP contribution is 2.18. The second-order valence-corrected chi connectivity index (χ2v) is 3.37. The lowest BCUT2D eigenvalue weighted by molar-refractivity contribution is 0.119. The monoisotopic (exact) mass is 202 g/mol. The van der Waals surface area contributed by atoms with Crippen LogP contribution in [0, 0.1) is 0 Å². The molecule has 1 amide bonds. The Morgan fingerprint density at radius 1 is 1.43 bits per heavy atom. The molecule has 0 radical (unpaired) electrons. The smallest absolute Gasteiger partial charge is 0.407 e. The highest BCUT2D eigenvalue weighted by Gasteiger charge is 2.19. The van der Waals surface area contributed by atoms with Crippen molar-refractivity contribution in [2.24, 2.45) is 0 Å². The maximum Gasteiger partial charge on any atom is 0.407 e. The summed E-state index contributed by atoms with van der Waals surface area (Å²) in [5, 5.41) is 14.3. The molecule has 0 bridgehead atoms. The van der Waals surface area contributed by atoms with Gasteiger partial charge in [0.25, 0.3) is 0 Å².